The first-order chi connectivity index (χ1) is 8.72. The Bertz CT molecular complexity index is 584. The van der Waals surface area contributed by atoms with Crippen LogP contribution in [0.1, 0.15) is 24.1 Å². The summed E-state index contributed by atoms with van der Waals surface area (Å²) in [6.07, 6.45) is 6.77. The first kappa shape index (κ1) is 11.3. The smallest absolute Gasteiger partial charge is 0.226 e. The average molecular weight is 243 g/mol. The first-order valence-corrected chi connectivity index (χ1v) is 6.42. The minimum atomic E-state index is 0.0722. The molecule has 4 heteroatoms. The maximum Gasteiger partial charge on any atom is 0.226 e. The summed E-state index contributed by atoms with van der Waals surface area (Å²) in [5, 5.41) is 2.96. The van der Waals surface area contributed by atoms with Gasteiger partial charge in [0.25, 0.3) is 0 Å². The van der Waals surface area contributed by atoms with Crippen LogP contribution in [0, 0.1) is 12.8 Å². The van der Waals surface area contributed by atoms with Gasteiger partial charge in [0.15, 0.2) is 0 Å². The maximum absolute atomic E-state index is 11.7. The van der Waals surface area contributed by atoms with Crippen LogP contribution in [-0.4, -0.2) is 21.8 Å². The normalized spacial score (nSPS) is 14.9. The Labute approximate surface area is 106 Å². The van der Waals surface area contributed by atoms with E-state index in [0.717, 1.165) is 29.4 Å². The topological polar surface area (TPSA) is 46.4 Å². The van der Waals surface area contributed by atoms with Crippen molar-refractivity contribution in [2.24, 2.45) is 5.92 Å². The lowest BCUT2D eigenvalue weighted by Gasteiger charge is -2.01. The van der Waals surface area contributed by atoms with Crippen LogP contribution in [0.2, 0.25) is 0 Å². The molecule has 0 bridgehead atoms. The number of amides is 1. The quantitative estimate of drug-likeness (QED) is 0.888. The standard InChI is InChI=1S/C14H17N3O/c1-10-3-2-6-17-9-12(16-14(10)17)7-13(18)15-8-11-4-5-11/h2-3,6,9,11H,4-5,7-8H2,1H3,(H,15,18). The number of carbonyl (C=O) groups is 1. The predicted octanol–water partition coefficient (Wildman–Crippen LogP) is 1.71. The molecule has 2 aromatic rings. The van der Waals surface area contributed by atoms with E-state index in [1.54, 1.807) is 0 Å². The summed E-state index contributed by atoms with van der Waals surface area (Å²) in [4.78, 5) is 16.2. The van der Waals surface area contributed by atoms with Gasteiger partial charge in [-0.3, -0.25) is 4.79 Å². The molecule has 1 N–H and O–H groups in total. The van der Waals surface area contributed by atoms with Gasteiger partial charge in [0.1, 0.15) is 5.65 Å². The van der Waals surface area contributed by atoms with E-state index in [-0.39, 0.29) is 5.91 Å². The molecule has 94 valence electrons. The van der Waals surface area contributed by atoms with E-state index in [1.165, 1.54) is 12.8 Å². The van der Waals surface area contributed by atoms with Crippen molar-refractivity contribution in [1.82, 2.24) is 14.7 Å². The molecule has 0 saturated heterocycles. The van der Waals surface area contributed by atoms with Crippen LogP contribution >= 0.6 is 0 Å². The van der Waals surface area contributed by atoms with Crippen molar-refractivity contribution in [1.29, 1.82) is 0 Å². The molecule has 0 radical (unpaired) electrons. The van der Waals surface area contributed by atoms with Gasteiger partial charge in [-0.15, -0.1) is 0 Å². The Hall–Kier alpha value is -1.84. The lowest BCUT2D eigenvalue weighted by atomic mass is 10.3. The van der Waals surface area contributed by atoms with Crippen LogP contribution in [0.25, 0.3) is 5.65 Å². The first-order valence-electron chi connectivity index (χ1n) is 6.42. The van der Waals surface area contributed by atoms with E-state index in [1.807, 2.05) is 35.9 Å². The molecular formula is C14H17N3O. The van der Waals surface area contributed by atoms with E-state index in [2.05, 4.69) is 10.3 Å². The van der Waals surface area contributed by atoms with Crippen molar-refractivity contribution in [3.05, 3.63) is 35.8 Å². The monoisotopic (exact) mass is 243 g/mol. The molecule has 2 heterocycles. The minimum absolute atomic E-state index is 0.0722. The number of nitrogens with zero attached hydrogens (tertiary/aromatic N) is 2. The zero-order chi connectivity index (χ0) is 12.5. The fraction of sp³-hybridized carbons (Fsp3) is 0.429. The molecule has 1 saturated carbocycles. The third-order valence-electron chi connectivity index (χ3n) is 3.35. The van der Waals surface area contributed by atoms with E-state index >= 15 is 0 Å². The second kappa shape index (κ2) is 4.44. The number of rotatable bonds is 4. The Morgan fingerprint density at radius 2 is 2.39 bits per heavy atom. The molecule has 1 aliphatic carbocycles. The van der Waals surface area contributed by atoms with E-state index in [0.29, 0.717) is 6.42 Å². The molecule has 1 fully saturated rings. The summed E-state index contributed by atoms with van der Waals surface area (Å²) in [6.45, 7) is 2.85. The highest BCUT2D eigenvalue weighted by atomic mass is 16.1. The van der Waals surface area contributed by atoms with Gasteiger partial charge in [-0.05, 0) is 37.3 Å². The molecule has 4 nitrogen and oxygen atoms in total. The number of fused-ring (bicyclic) bond motifs is 1. The molecule has 3 rings (SSSR count). The fourth-order valence-electron chi connectivity index (χ4n) is 2.10. The van der Waals surface area contributed by atoms with Crippen molar-refractivity contribution in [2.75, 3.05) is 6.54 Å². The number of nitrogens with one attached hydrogen (secondary N) is 1. The summed E-state index contributed by atoms with van der Waals surface area (Å²) in [7, 11) is 0. The lowest BCUT2D eigenvalue weighted by molar-refractivity contribution is -0.120. The Kier molecular flexibility index (Phi) is 2.78. The van der Waals surface area contributed by atoms with Crippen molar-refractivity contribution in [3.63, 3.8) is 0 Å². The molecule has 0 aromatic carbocycles. The van der Waals surface area contributed by atoms with Crippen molar-refractivity contribution >= 4 is 11.6 Å². The van der Waals surface area contributed by atoms with Gasteiger partial charge in [0, 0.05) is 18.9 Å². The van der Waals surface area contributed by atoms with Crippen LogP contribution in [0.5, 0.6) is 0 Å². The Morgan fingerprint density at radius 1 is 1.56 bits per heavy atom. The molecular weight excluding hydrogens is 226 g/mol. The SMILES string of the molecule is Cc1cccn2cc(CC(=O)NCC3CC3)nc12. The molecule has 0 unspecified atom stereocenters. The average Bonchev–Trinajstić information content (AvgIpc) is 3.07. The van der Waals surface area contributed by atoms with Crippen LogP contribution in [0.4, 0.5) is 0 Å². The maximum atomic E-state index is 11.7. The largest absolute Gasteiger partial charge is 0.355 e. The third-order valence-corrected chi connectivity index (χ3v) is 3.35. The molecule has 0 aliphatic heterocycles. The highest BCUT2D eigenvalue weighted by molar-refractivity contribution is 5.78. The van der Waals surface area contributed by atoms with Crippen LogP contribution in [0.15, 0.2) is 24.5 Å². The minimum Gasteiger partial charge on any atom is -0.355 e. The summed E-state index contributed by atoms with van der Waals surface area (Å²) in [5.41, 5.74) is 2.89. The second-order valence-corrected chi connectivity index (χ2v) is 5.08. The summed E-state index contributed by atoms with van der Waals surface area (Å²) in [6, 6.07) is 4.01. The van der Waals surface area contributed by atoms with Gasteiger partial charge in [-0.25, -0.2) is 4.98 Å². The third kappa shape index (κ3) is 2.37. The lowest BCUT2D eigenvalue weighted by Crippen LogP contribution is -2.27. The van der Waals surface area contributed by atoms with E-state index < -0.39 is 0 Å². The molecule has 1 aliphatic rings. The van der Waals surface area contributed by atoms with Gasteiger partial charge in [0.05, 0.1) is 12.1 Å². The highest BCUT2D eigenvalue weighted by Crippen LogP contribution is 2.27. The van der Waals surface area contributed by atoms with Crippen molar-refractivity contribution in [2.45, 2.75) is 26.2 Å². The summed E-state index contributed by atoms with van der Waals surface area (Å²) in [5.74, 6) is 0.792. The van der Waals surface area contributed by atoms with Crippen LogP contribution < -0.4 is 5.32 Å². The van der Waals surface area contributed by atoms with Gasteiger partial charge in [-0.1, -0.05) is 6.07 Å². The fourth-order valence-corrected chi connectivity index (χ4v) is 2.10. The van der Waals surface area contributed by atoms with E-state index in [9.17, 15) is 4.79 Å². The van der Waals surface area contributed by atoms with E-state index in [4.69, 9.17) is 0 Å². The number of pyridine rings is 1. The number of carbonyl (C=O) groups excluding carboxylic acids is 1. The molecule has 0 spiro atoms. The zero-order valence-electron chi connectivity index (χ0n) is 10.5. The van der Waals surface area contributed by atoms with Crippen LogP contribution in [0.3, 0.4) is 0 Å². The number of aryl methyl sites for hydroxylation is 1. The van der Waals surface area contributed by atoms with Gasteiger partial charge < -0.3 is 9.72 Å². The number of imidazole rings is 1. The van der Waals surface area contributed by atoms with Gasteiger partial charge in [0.2, 0.25) is 5.91 Å². The highest BCUT2D eigenvalue weighted by Gasteiger charge is 2.21. The second-order valence-electron chi connectivity index (χ2n) is 5.08. The molecule has 0 atom stereocenters. The van der Waals surface area contributed by atoms with Crippen molar-refractivity contribution in [3.8, 4) is 0 Å². The molecule has 2 aromatic heterocycles. The van der Waals surface area contributed by atoms with Crippen molar-refractivity contribution < 1.29 is 4.79 Å². The number of hydrogen-bond donors (Lipinski definition) is 1. The summed E-state index contributed by atoms with van der Waals surface area (Å²) >= 11 is 0. The molecule has 1 amide bonds. The van der Waals surface area contributed by atoms with Gasteiger partial charge in [-0.2, -0.15) is 0 Å². The Balaban J connectivity index is 1.69. The summed E-state index contributed by atoms with van der Waals surface area (Å²) < 4.78 is 1.97. The van der Waals surface area contributed by atoms with Gasteiger partial charge >= 0.3 is 0 Å². The predicted molar refractivity (Wildman–Crippen MR) is 69.4 cm³/mol. The molecule has 18 heavy (non-hydrogen) atoms. The number of aromatic nitrogens is 2. The van der Waals surface area contributed by atoms with Crippen LogP contribution in [-0.2, 0) is 11.2 Å². The Morgan fingerprint density at radius 3 is 3.11 bits per heavy atom. The number of hydrogen-bond acceptors (Lipinski definition) is 2. The zero-order valence-corrected chi connectivity index (χ0v) is 10.5.